The van der Waals surface area contributed by atoms with Gasteiger partial charge in [-0.15, -0.1) is 0 Å². The number of guanidine groups is 1. The average molecular weight is 371 g/mol. The fraction of sp³-hybridized carbons (Fsp3) is 0.529. The molecule has 1 amide bonds. The largest absolute Gasteiger partial charge is 0.357 e. The summed E-state index contributed by atoms with van der Waals surface area (Å²) in [4.78, 5) is 20.2. The number of aliphatic imine (C=N–C) groups is 1. The zero-order valence-corrected chi connectivity index (χ0v) is 15.7. The van der Waals surface area contributed by atoms with E-state index in [0.717, 1.165) is 50.7 Å². The first-order valence-electron chi connectivity index (χ1n) is 8.23. The molecule has 0 unspecified atom stereocenters. The molecule has 1 heterocycles. The van der Waals surface area contributed by atoms with Crippen LogP contribution in [-0.2, 0) is 11.2 Å². The minimum Gasteiger partial charge on any atom is -0.357 e. The Hall–Kier alpha value is -1.46. The van der Waals surface area contributed by atoms with Crippen LogP contribution in [0.2, 0.25) is 10.0 Å². The minimum atomic E-state index is 0.134. The molecule has 0 atom stereocenters. The van der Waals surface area contributed by atoms with Crippen molar-refractivity contribution in [3.05, 3.63) is 33.8 Å². The molecular formula is C17H24Cl2N4O. The van der Waals surface area contributed by atoms with Gasteiger partial charge in [0.15, 0.2) is 5.96 Å². The first-order chi connectivity index (χ1) is 11.5. The summed E-state index contributed by atoms with van der Waals surface area (Å²) in [6.07, 6.45) is 0.780. The lowest BCUT2D eigenvalue weighted by atomic mass is 10.1. The van der Waals surface area contributed by atoms with Gasteiger partial charge in [-0.1, -0.05) is 23.2 Å². The highest BCUT2D eigenvalue weighted by Crippen LogP contribution is 2.19. The summed E-state index contributed by atoms with van der Waals surface area (Å²) in [5, 5.41) is 4.62. The number of nitrogens with zero attached hydrogens (tertiary/aromatic N) is 3. The number of carbonyl (C=O) groups excluding carboxylic acids is 1. The van der Waals surface area contributed by atoms with Gasteiger partial charge >= 0.3 is 0 Å². The van der Waals surface area contributed by atoms with E-state index in [1.54, 1.807) is 13.0 Å². The highest BCUT2D eigenvalue weighted by atomic mass is 35.5. The van der Waals surface area contributed by atoms with Crippen molar-refractivity contribution in [1.82, 2.24) is 15.1 Å². The Bertz CT molecular complexity index is 578. The van der Waals surface area contributed by atoms with Crippen LogP contribution in [0.5, 0.6) is 0 Å². The molecule has 7 heteroatoms. The zero-order valence-electron chi connectivity index (χ0n) is 14.2. The molecule has 0 bridgehead atoms. The number of halogens is 2. The number of hydrogen-bond donors (Lipinski definition) is 1. The molecule has 5 nitrogen and oxygen atoms in total. The van der Waals surface area contributed by atoms with Crippen molar-refractivity contribution >= 4 is 35.1 Å². The first kappa shape index (κ1) is 18.9. The van der Waals surface area contributed by atoms with Crippen LogP contribution in [0.1, 0.15) is 19.4 Å². The van der Waals surface area contributed by atoms with Crippen molar-refractivity contribution in [2.75, 3.05) is 39.3 Å². The highest BCUT2D eigenvalue weighted by Gasteiger charge is 2.20. The fourth-order valence-electron chi connectivity index (χ4n) is 2.71. The van der Waals surface area contributed by atoms with Gasteiger partial charge in [0, 0.05) is 56.2 Å². The van der Waals surface area contributed by atoms with Crippen LogP contribution >= 0.6 is 23.2 Å². The molecule has 1 aliphatic heterocycles. The molecule has 1 aromatic carbocycles. The van der Waals surface area contributed by atoms with Crippen molar-refractivity contribution in [3.63, 3.8) is 0 Å². The van der Waals surface area contributed by atoms with Crippen molar-refractivity contribution in [1.29, 1.82) is 0 Å². The standard InChI is InChI=1S/C17H24Cl2N4O/c1-3-20-17(23-8-6-22(7-9-23)13(2)24)21-5-4-14-10-15(18)12-16(19)11-14/h10-12H,3-9H2,1-2H3,(H,20,21). The van der Waals surface area contributed by atoms with Gasteiger partial charge in [0.05, 0.1) is 0 Å². The van der Waals surface area contributed by atoms with Crippen LogP contribution in [0.15, 0.2) is 23.2 Å². The van der Waals surface area contributed by atoms with E-state index in [1.165, 1.54) is 0 Å². The Morgan fingerprint density at radius 3 is 2.25 bits per heavy atom. The second-order valence-electron chi connectivity index (χ2n) is 5.76. The van der Waals surface area contributed by atoms with Gasteiger partial charge < -0.3 is 15.1 Å². The third-order valence-electron chi connectivity index (χ3n) is 3.94. The monoisotopic (exact) mass is 370 g/mol. The van der Waals surface area contributed by atoms with Crippen molar-refractivity contribution in [2.24, 2.45) is 4.99 Å². The number of rotatable bonds is 4. The Morgan fingerprint density at radius 2 is 1.71 bits per heavy atom. The lowest BCUT2D eigenvalue weighted by Crippen LogP contribution is -2.53. The van der Waals surface area contributed by atoms with Crippen LogP contribution in [0.4, 0.5) is 0 Å². The van der Waals surface area contributed by atoms with E-state index in [2.05, 4.69) is 17.1 Å². The molecule has 1 aromatic rings. The van der Waals surface area contributed by atoms with Crippen LogP contribution in [0.25, 0.3) is 0 Å². The number of nitrogens with one attached hydrogen (secondary N) is 1. The van der Waals surface area contributed by atoms with Crippen LogP contribution < -0.4 is 5.32 Å². The van der Waals surface area contributed by atoms with E-state index < -0.39 is 0 Å². The molecule has 0 spiro atoms. The third-order valence-corrected chi connectivity index (χ3v) is 4.38. The van der Waals surface area contributed by atoms with Gasteiger partial charge in [0.1, 0.15) is 0 Å². The zero-order chi connectivity index (χ0) is 17.5. The summed E-state index contributed by atoms with van der Waals surface area (Å²) in [7, 11) is 0. The summed E-state index contributed by atoms with van der Waals surface area (Å²) in [5.41, 5.74) is 1.08. The lowest BCUT2D eigenvalue weighted by molar-refractivity contribution is -0.130. The van der Waals surface area contributed by atoms with Gasteiger partial charge in [0.2, 0.25) is 5.91 Å². The van der Waals surface area contributed by atoms with Crippen molar-refractivity contribution in [2.45, 2.75) is 20.3 Å². The molecule has 24 heavy (non-hydrogen) atoms. The predicted molar refractivity (Wildman–Crippen MR) is 100.0 cm³/mol. The summed E-state index contributed by atoms with van der Waals surface area (Å²) < 4.78 is 0. The molecule has 0 aromatic heterocycles. The summed E-state index contributed by atoms with van der Waals surface area (Å²) in [6.45, 7) is 8.22. The molecular weight excluding hydrogens is 347 g/mol. The predicted octanol–water partition coefficient (Wildman–Crippen LogP) is 2.67. The van der Waals surface area contributed by atoms with E-state index in [-0.39, 0.29) is 5.91 Å². The Kier molecular flexibility index (Phi) is 7.18. The Morgan fingerprint density at radius 1 is 1.12 bits per heavy atom. The summed E-state index contributed by atoms with van der Waals surface area (Å²) >= 11 is 12.1. The SMILES string of the molecule is CCNC(=NCCc1cc(Cl)cc(Cl)c1)N1CCN(C(C)=O)CC1. The second kappa shape index (κ2) is 9.14. The smallest absolute Gasteiger partial charge is 0.219 e. The normalized spacial score (nSPS) is 15.6. The average Bonchev–Trinajstić information content (AvgIpc) is 2.53. The van der Waals surface area contributed by atoms with Crippen LogP contribution in [0, 0.1) is 0 Å². The van der Waals surface area contributed by atoms with Crippen LogP contribution in [0.3, 0.4) is 0 Å². The third kappa shape index (κ3) is 5.56. The summed E-state index contributed by atoms with van der Waals surface area (Å²) in [6, 6.07) is 5.57. The van der Waals surface area contributed by atoms with E-state index in [4.69, 9.17) is 28.2 Å². The highest BCUT2D eigenvalue weighted by molar-refractivity contribution is 6.34. The van der Waals surface area contributed by atoms with Gasteiger partial charge in [-0.3, -0.25) is 9.79 Å². The van der Waals surface area contributed by atoms with Gasteiger partial charge in [0.25, 0.3) is 0 Å². The second-order valence-corrected chi connectivity index (χ2v) is 6.63. The maximum atomic E-state index is 11.4. The van der Waals surface area contributed by atoms with E-state index >= 15 is 0 Å². The molecule has 132 valence electrons. The number of piperazine rings is 1. The van der Waals surface area contributed by atoms with E-state index in [1.807, 2.05) is 17.0 Å². The number of hydrogen-bond acceptors (Lipinski definition) is 2. The van der Waals surface area contributed by atoms with Crippen LogP contribution in [-0.4, -0.2) is 60.9 Å². The van der Waals surface area contributed by atoms with Crippen molar-refractivity contribution < 1.29 is 4.79 Å². The maximum absolute atomic E-state index is 11.4. The fourth-order valence-corrected chi connectivity index (χ4v) is 3.28. The quantitative estimate of drug-likeness (QED) is 0.654. The van der Waals surface area contributed by atoms with Gasteiger partial charge in [-0.05, 0) is 37.1 Å². The van der Waals surface area contributed by atoms with E-state index in [0.29, 0.717) is 16.6 Å². The molecule has 2 rings (SSSR count). The summed E-state index contributed by atoms with van der Waals surface area (Å²) in [5.74, 6) is 1.03. The van der Waals surface area contributed by atoms with E-state index in [9.17, 15) is 4.79 Å². The molecule has 1 N–H and O–H groups in total. The number of carbonyl (C=O) groups is 1. The topological polar surface area (TPSA) is 47.9 Å². The molecule has 1 saturated heterocycles. The molecule has 1 aliphatic rings. The Balaban J connectivity index is 1.94. The molecule has 0 saturated carbocycles. The van der Waals surface area contributed by atoms with Crippen molar-refractivity contribution in [3.8, 4) is 0 Å². The van der Waals surface area contributed by atoms with Gasteiger partial charge in [-0.25, -0.2) is 0 Å². The first-order valence-corrected chi connectivity index (χ1v) is 8.99. The number of benzene rings is 1. The Labute approximate surface area is 153 Å². The van der Waals surface area contributed by atoms with Gasteiger partial charge in [-0.2, -0.15) is 0 Å². The minimum absolute atomic E-state index is 0.134. The number of amides is 1. The molecule has 1 fully saturated rings. The molecule has 0 radical (unpaired) electrons. The lowest BCUT2D eigenvalue weighted by Gasteiger charge is -2.36. The molecule has 0 aliphatic carbocycles. The maximum Gasteiger partial charge on any atom is 0.219 e.